The van der Waals surface area contributed by atoms with E-state index in [0.717, 1.165) is 27.9 Å². The molecule has 0 saturated heterocycles. The zero-order valence-electron chi connectivity index (χ0n) is 9.72. The minimum absolute atomic E-state index is 0.243. The van der Waals surface area contributed by atoms with Crippen LogP contribution in [0.3, 0.4) is 0 Å². The van der Waals surface area contributed by atoms with Crippen LogP contribution < -0.4 is 5.32 Å². The summed E-state index contributed by atoms with van der Waals surface area (Å²) >= 11 is 1.50. The minimum Gasteiger partial charge on any atom is -0.360 e. The molecule has 6 heteroatoms. The van der Waals surface area contributed by atoms with Gasteiger partial charge in [-0.2, -0.15) is 0 Å². The smallest absolute Gasteiger partial charge is 0.214 e. The minimum atomic E-state index is -0.243. The first kappa shape index (κ1) is 11.2. The number of nitrogens with one attached hydrogen (secondary N) is 1. The van der Waals surface area contributed by atoms with Crippen molar-refractivity contribution in [2.24, 2.45) is 0 Å². The lowest BCUT2D eigenvalue weighted by atomic mass is 10.2. The maximum Gasteiger partial charge on any atom is 0.214 e. The van der Waals surface area contributed by atoms with E-state index in [1.54, 1.807) is 16.6 Å². The number of rotatable bonds is 3. The molecule has 0 fully saturated rings. The number of hydrogen-bond donors (Lipinski definition) is 1. The van der Waals surface area contributed by atoms with Crippen molar-refractivity contribution in [3.63, 3.8) is 0 Å². The number of anilines is 1. The van der Waals surface area contributed by atoms with Gasteiger partial charge in [0.05, 0.1) is 11.9 Å². The van der Waals surface area contributed by atoms with Crippen LogP contribution in [0.25, 0.3) is 16.2 Å². The predicted octanol–water partition coefficient (Wildman–Crippen LogP) is 3.03. The maximum atomic E-state index is 12.8. The highest BCUT2D eigenvalue weighted by Crippen LogP contribution is 2.24. The molecule has 1 aromatic carbocycles. The molecule has 92 valence electrons. The average molecular weight is 262 g/mol. The van der Waals surface area contributed by atoms with E-state index in [9.17, 15) is 4.39 Å². The van der Waals surface area contributed by atoms with Gasteiger partial charge in [-0.15, -0.1) is 5.10 Å². The second kappa shape index (κ2) is 4.38. The van der Waals surface area contributed by atoms with E-state index in [-0.39, 0.29) is 5.82 Å². The number of fused-ring (bicyclic) bond motifs is 1. The van der Waals surface area contributed by atoms with Crippen LogP contribution in [0.2, 0.25) is 0 Å². The molecule has 3 rings (SSSR count). The molecular weight excluding hydrogens is 251 g/mol. The molecule has 0 aliphatic carbocycles. The Kier molecular flexibility index (Phi) is 2.71. The van der Waals surface area contributed by atoms with Gasteiger partial charge in [0, 0.05) is 12.1 Å². The standard InChI is InChI=1S/C12H11FN4S/c1-2-14-11-16-17-7-10(15-12(17)18-11)8-3-5-9(13)6-4-8/h3-7H,2H2,1H3,(H,14,16). The molecule has 0 atom stereocenters. The van der Waals surface area contributed by atoms with Gasteiger partial charge in [0.25, 0.3) is 0 Å². The van der Waals surface area contributed by atoms with E-state index in [1.807, 2.05) is 13.1 Å². The van der Waals surface area contributed by atoms with Crippen molar-refractivity contribution >= 4 is 21.4 Å². The Bertz CT molecular complexity index is 640. The van der Waals surface area contributed by atoms with Crippen LogP contribution in [0.4, 0.5) is 9.52 Å². The lowest BCUT2D eigenvalue weighted by Gasteiger charge is -1.95. The molecule has 2 aromatic heterocycles. The third-order valence-electron chi connectivity index (χ3n) is 2.51. The third kappa shape index (κ3) is 1.95. The summed E-state index contributed by atoms with van der Waals surface area (Å²) in [7, 11) is 0. The number of imidazole rings is 1. The Morgan fingerprint density at radius 2 is 2.11 bits per heavy atom. The van der Waals surface area contributed by atoms with E-state index in [4.69, 9.17) is 0 Å². The van der Waals surface area contributed by atoms with E-state index in [1.165, 1.54) is 23.5 Å². The van der Waals surface area contributed by atoms with Gasteiger partial charge in [-0.3, -0.25) is 0 Å². The highest BCUT2D eigenvalue weighted by atomic mass is 32.1. The van der Waals surface area contributed by atoms with Gasteiger partial charge in [0.15, 0.2) is 0 Å². The average Bonchev–Trinajstić information content (AvgIpc) is 2.88. The Morgan fingerprint density at radius 3 is 2.78 bits per heavy atom. The van der Waals surface area contributed by atoms with Crippen LogP contribution in [0.15, 0.2) is 30.5 Å². The van der Waals surface area contributed by atoms with Crippen molar-refractivity contribution in [1.29, 1.82) is 0 Å². The fourth-order valence-electron chi connectivity index (χ4n) is 1.68. The summed E-state index contributed by atoms with van der Waals surface area (Å²) in [5.41, 5.74) is 1.69. The van der Waals surface area contributed by atoms with Gasteiger partial charge in [-0.05, 0) is 31.2 Å². The van der Waals surface area contributed by atoms with Crippen LogP contribution in [0.5, 0.6) is 0 Å². The van der Waals surface area contributed by atoms with Gasteiger partial charge < -0.3 is 5.32 Å². The highest BCUT2D eigenvalue weighted by Gasteiger charge is 2.09. The Labute approximate surface area is 107 Å². The van der Waals surface area contributed by atoms with Gasteiger partial charge in [0.2, 0.25) is 10.1 Å². The summed E-state index contributed by atoms with van der Waals surface area (Å²) in [6.07, 6.45) is 1.85. The number of aromatic nitrogens is 3. The summed E-state index contributed by atoms with van der Waals surface area (Å²) in [6, 6.07) is 6.29. The Morgan fingerprint density at radius 1 is 1.33 bits per heavy atom. The topological polar surface area (TPSA) is 42.2 Å². The third-order valence-corrected chi connectivity index (χ3v) is 3.39. The van der Waals surface area contributed by atoms with Crippen molar-refractivity contribution < 1.29 is 4.39 Å². The molecule has 1 N–H and O–H groups in total. The van der Waals surface area contributed by atoms with Crippen molar-refractivity contribution in [3.05, 3.63) is 36.3 Å². The van der Waals surface area contributed by atoms with Crippen LogP contribution in [-0.4, -0.2) is 21.1 Å². The largest absolute Gasteiger partial charge is 0.360 e. The molecule has 4 nitrogen and oxygen atoms in total. The second-order valence-electron chi connectivity index (χ2n) is 3.80. The molecule has 3 aromatic rings. The van der Waals surface area contributed by atoms with Crippen molar-refractivity contribution in [1.82, 2.24) is 14.6 Å². The first-order valence-electron chi connectivity index (χ1n) is 5.62. The molecule has 18 heavy (non-hydrogen) atoms. The number of nitrogens with zero attached hydrogens (tertiary/aromatic N) is 3. The van der Waals surface area contributed by atoms with Gasteiger partial charge in [-0.1, -0.05) is 11.3 Å². The molecule has 0 amide bonds. The fraction of sp³-hybridized carbons (Fsp3) is 0.167. The van der Waals surface area contributed by atoms with Crippen molar-refractivity contribution in [2.75, 3.05) is 11.9 Å². The fourth-order valence-corrected chi connectivity index (χ4v) is 2.53. The Hall–Kier alpha value is -1.95. The first-order valence-corrected chi connectivity index (χ1v) is 6.44. The van der Waals surface area contributed by atoms with Crippen molar-refractivity contribution in [2.45, 2.75) is 6.92 Å². The molecule has 2 heterocycles. The van der Waals surface area contributed by atoms with Crippen molar-refractivity contribution in [3.8, 4) is 11.3 Å². The first-order chi connectivity index (χ1) is 8.76. The zero-order valence-corrected chi connectivity index (χ0v) is 10.5. The predicted molar refractivity (Wildman–Crippen MR) is 70.4 cm³/mol. The number of hydrogen-bond acceptors (Lipinski definition) is 4. The molecule has 0 aliphatic rings. The molecule has 0 radical (unpaired) electrons. The van der Waals surface area contributed by atoms with Gasteiger partial charge >= 0.3 is 0 Å². The SMILES string of the molecule is CCNc1nn2cc(-c3ccc(F)cc3)nc2s1. The maximum absolute atomic E-state index is 12.8. The lowest BCUT2D eigenvalue weighted by molar-refractivity contribution is 0.628. The second-order valence-corrected chi connectivity index (χ2v) is 4.75. The summed E-state index contributed by atoms with van der Waals surface area (Å²) < 4.78 is 14.6. The summed E-state index contributed by atoms with van der Waals surface area (Å²) in [5, 5.41) is 8.35. The summed E-state index contributed by atoms with van der Waals surface area (Å²) in [4.78, 5) is 5.30. The molecule has 0 bridgehead atoms. The quantitative estimate of drug-likeness (QED) is 0.789. The highest BCUT2D eigenvalue weighted by molar-refractivity contribution is 7.20. The van der Waals surface area contributed by atoms with E-state index >= 15 is 0 Å². The molecule has 0 spiro atoms. The monoisotopic (exact) mass is 262 g/mol. The zero-order chi connectivity index (χ0) is 12.5. The van der Waals surface area contributed by atoms with E-state index in [2.05, 4.69) is 15.4 Å². The molecular formula is C12H11FN4S. The van der Waals surface area contributed by atoms with Crippen LogP contribution >= 0.6 is 11.3 Å². The Balaban J connectivity index is 1.98. The van der Waals surface area contributed by atoms with Gasteiger partial charge in [0.1, 0.15) is 5.82 Å². The molecule has 0 aliphatic heterocycles. The van der Waals surface area contributed by atoms with E-state index < -0.39 is 0 Å². The number of benzene rings is 1. The number of halogens is 1. The molecule has 0 unspecified atom stereocenters. The summed E-state index contributed by atoms with van der Waals surface area (Å²) in [6.45, 7) is 2.86. The molecule has 0 saturated carbocycles. The van der Waals surface area contributed by atoms with Crippen LogP contribution in [-0.2, 0) is 0 Å². The van der Waals surface area contributed by atoms with Crippen LogP contribution in [0, 0.1) is 5.82 Å². The summed E-state index contributed by atoms with van der Waals surface area (Å²) in [5.74, 6) is -0.243. The normalized spacial score (nSPS) is 11.0. The van der Waals surface area contributed by atoms with E-state index in [0.29, 0.717) is 0 Å². The van der Waals surface area contributed by atoms with Gasteiger partial charge in [-0.25, -0.2) is 13.9 Å². The lowest BCUT2D eigenvalue weighted by Crippen LogP contribution is -1.96. The van der Waals surface area contributed by atoms with Crippen LogP contribution in [0.1, 0.15) is 6.92 Å².